The number of amides is 10. The van der Waals surface area contributed by atoms with E-state index in [9.17, 15) is 57.8 Å². The first-order valence-corrected chi connectivity index (χ1v) is 32.2. The number of pyridine rings is 1. The van der Waals surface area contributed by atoms with E-state index in [2.05, 4.69) is 31.2 Å². The summed E-state index contributed by atoms with van der Waals surface area (Å²) in [6.45, 7) is 5.25. The Balaban J connectivity index is 0.876. The number of ether oxygens (including phenoxy) is 4. The number of rotatable bonds is 33. The summed E-state index contributed by atoms with van der Waals surface area (Å²) in [6, 6.07) is 22.9. The van der Waals surface area contributed by atoms with Gasteiger partial charge in [0.25, 0.3) is 23.6 Å². The van der Waals surface area contributed by atoms with Crippen molar-refractivity contribution >= 4 is 116 Å². The third kappa shape index (κ3) is 19.8. The van der Waals surface area contributed by atoms with Crippen LogP contribution in [0.2, 0.25) is 0 Å². The Labute approximate surface area is 563 Å². The van der Waals surface area contributed by atoms with Gasteiger partial charge in [0.2, 0.25) is 5.91 Å². The number of carboxylic acid groups (broad SMARTS) is 1. The highest BCUT2D eigenvalue weighted by molar-refractivity contribution is 6.19. The number of imide groups is 1. The molecule has 0 unspecified atom stereocenters. The lowest BCUT2D eigenvalue weighted by molar-refractivity contribution is -0.139. The SMILES string of the molecule is Cc1ccc(C(=O)Nc2cnc3[nH]c(C(=O)N4C[C@@H](CCl)c5c4cc(OC(=O)N(CCCC[C@H](N)C(=O)O)CCN(C)C(=O)OCc4ccc(NC(=O)[C@H](CCCNC(N)=O)CC(=O)[C@@H](NC(=O)OCCOCCN6C(=O)C=CC6=O)C(C)C)cc4)c4ccccc54)cc3c2)cc1. The standard InChI is InChI=1S/C68H79ClN12O16/c1-40(2)59(77-66(91)95-31-30-94-29-28-80-56(83)22-23-57(80)84)54(82)34-44(10-9-24-72-65(71)90)62(86)74-47-20-16-42(17-21-47)39-96-67(92)78(4)26-27-79(25-8-7-13-51(70)64(88)89)68(93)97-55-35-53-58(50-12-6-5-11-49(50)55)46(36-69)38-81(53)63(87)52-33-45-32-48(37-73-60(45)76-52)75-61(85)43-18-14-41(3)15-19-43/h5-6,11-12,14-23,32-33,35,37,40,44,46,51,59H,7-10,13,24-31,34,36,38-39,70H2,1-4H3,(H,73,76)(H,74,86)(H,75,85)(H,77,91)(H,88,89)(H3,71,72,90)/t44-,46-,51+,59+/m1/s1. The summed E-state index contributed by atoms with van der Waals surface area (Å²) in [4.78, 5) is 155. The number of urea groups is 1. The number of nitrogens with two attached hydrogens (primary N) is 2. The van der Waals surface area contributed by atoms with Gasteiger partial charge in [-0.25, -0.2) is 24.2 Å². The molecule has 2 aliphatic rings. The number of unbranched alkanes of at least 4 members (excludes halogenated alkanes) is 1. The minimum atomic E-state index is -1.17. The number of carbonyl (C=O) groups excluding carboxylic acids is 10. The van der Waals surface area contributed by atoms with Crippen LogP contribution in [0.3, 0.4) is 0 Å². The predicted molar refractivity (Wildman–Crippen MR) is 359 cm³/mol. The van der Waals surface area contributed by atoms with Crippen LogP contribution in [-0.2, 0) is 44.8 Å². The van der Waals surface area contributed by atoms with Crippen LogP contribution in [0.25, 0.3) is 21.8 Å². The van der Waals surface area contributed by atoms with Crippen molar-refractivity contribution in [2.24, 2.45) is 23.3 Å². The summed E-state index contributed by atoms with van der Waals surface area (Å²) in [5, 5.41) is 22.0. The average molecular weight is 1360 g/mol. The number of carboxylic acids is 1. The Morgan fingerprint density at radius 1 is 0.814 bits per heavy atom. The number of primary amides is 1. The summed E-state index contributed by atoms with van der Waals surface area (Å²) < 4.78 is 22.5. The number of hydrogen-bond acceptors (Lipinski definition) is 17. The van der Waals surface area contributed by atoms with Gasteiger partial charge < -0.3 is 76.5 Å². The van der Waals surface area contributed by atoms with E-state index in [1.807, 2.05) is 31.2 Å². The number of hydrogen-bond donors (Lipinski definition) is 8. The number of carbonyl (C=O) groups is 11. The Kier molecular flexibility index (Phi) is 25.6. The van der Waals surface area contributed by atoms with Crippen molar-refractivity contribution in [3.8, 4) is 5.75 Å². The fourth-order valence-corrected chi connectivity index (χ4v) is 11.3. The van der Waals surface area contributed by atoms with Crippen LogP contribution in [0, 0.1) is 18.8 Å². The number of nitrogens with zero attached hydrogens (tertiary/aromatic N) is 5. The maximum Gasteiger partial charge on any atom is 0.415 e. The predicted octanol–water partition coefficient (Wildman–Crippen LogP) is 7.57. The lowest BCUT2D eigenvalue weighted by Crippen LogP contribution is -2.46. The van der Waals surface area contributed by atoms with Crippen LogP contribution in [0.5, 0.6) is 5.75 Å². The number of halogens is 1. The molecule has 97 heavy (non-hydrogen) atoms. The van der Waals surface area contributed by atoms with E-state index in [-0.39, 0.29) is 121 Å². The Morgan fingerprint density at radius 3 is 2.23 bits per heavy atom. The van der Waals surface area contributed by atoms with E-state index in [1.54, 1.807) is 85.5 Å². The molecule has 2 aromatic heterocycles. The van der Waals surface area contributed by atoms with Gasteiger partial charge in [-0.2, -0.15) is 0 Å². The van der Waals surface area contributed by atoms with Crippen LogP contribution < -0.4 is 42.4 Å². The van der Waals surface area contributed by atoms with Gasteiger partial charge in [-0.1, -0.05) is 67.9 Å². The monoisotopic (exact) mass is 1350 g/mol. The molecule has 10 amide bonds. The van der Waals surface area contributed by atoms with Gasteiger partial charge in [-0.15, -0.1) is 11.6 Å². The molecule has 0 radical (unpaired) electrons. The molecular formula is C68H79ClN12O16. The summed E-state index contributed by atoms with van der Waals surface area (Å²) in [5.74, 6) is -5.13. The van der Waals surface area contributed by atoms with Crippen molar-refractivity contribution in [3.05, 3.63) is 137 Å². The van der Waals surface area contributed by atoms with E-state index in [0.717, 1.165) is 28.2 Å². The van der Waals surface area contributed by atoms with E-state index in [1.165, 1.54) is 23.0 Å². The van der Waals surface area contributed by atoms with Crippen LogP contribution in [0.1, 0.15) is 95.8 Å². The van der Waals surface area contributed by atoms with Crippen LogP contribution in [0.15, 0.2) is 109 Å². The van der Waals surface area contributed by atoms with Crippen LogP contribution >= 0.6 is 11.6 Å². The summed E-state index contributed by atoms with van der Waals surface area (Å²) in [6.07, 6.45) is 2.29. The second-order valence-electron chi connectivity index (χ2n) is 23.8. The fraction of sp³-hybridized carbons (Fsp3) is 0.382. The molecule has 28 nitrogen and oxygen atoms in total. The molecule has 0 saturated carbocycles. The van der Waals surface area contributed by atoms with Gasteiger partial charge in [0.1, 0.15) is 36.3 Å². The van der Waals surface area contributed by atoms with Crippen molar-refractivity contribution in [1.29, 1.82) is 0 Å². The molecule has 2 aliphatic heterocycles. The van der Waals surface area contributed by atoms with Gasteiger partial charge in [-0.3, -0.25) is 38.5 Å². The van der Waals surface area contributed by atoms with E-state index in [4.69, 9.17) is 42.0 Å². The molecule has 8 rings (SSSR count). The number of alkyl carbamates (subject to hydrolysis) is 1. The van der Waals surface area contributed by atoms with Crippen molar-refractivity contribution in [2.75, 3.05) is 87.6 Å². The molecule has 0 fully saturated rings. The molecule has 0 spiro atoms. The van der Waals surface area contributed by atoms with Crippen molar-refractivity contribution in [2.45, 2.75) is 83.9 Å². The number of Topliss-reactive ketones (excluding diaryl/α,β-unsaturated/α-hetero) is 1. The maximum absolute atomic E-state index is 14.6. The normalized spacial score (nSPS) is 14.2. The molecule has 29 heteroatoms. The molecule has 0 saturated heterocycles. The number of nitrogens with one attached hydrogen (secondary N) is 5. The van der Waals surface area contributed by atoms with Gasteiger partial charge in [-0.05, 0) is 97.9 Å². The van der Waals surface area contributed by atoms with Gasteiger partial charge >= 0.3 is 30.3 Å². The number of H-pyrrole nitrogens is 1. The molecule has 10 N–H and O–H groups in total. The fourth-order valence-electron chi connectivity index (χ4n) is 11.0. The number of anilines is 3. The van der Waals surface area contributed by atoms with Gasteiger partial charge in [0.15, 0.2) is 5.78 Å². The van der Waals surface area contributed by atoms with E-state index >= 15 is 0 Å². The number of benzene rings is 4. The molecular weight excluding hydrogens is 1280 g/mol. The first-order valence-electron chi connectivity index (χ1n) is 31.6. The molecule has 4 aromatic carbocycles. The lowest BCUT2D eigenvalue weighted by Gasteiger charge is -2.26. The van der Waals surface area contributed by atoms with E-state index < -0.39 is 83.6 Å². The van der Waals surface area contributed by atoms with Crippen LogP contribution in [-0.4, -0.2) is 179 Å². The average Bonchev–Trinajstić information content (AvgIpc) is 1.62. The number of aromatic nitrogens is 2. The number of aliphatic carboxylic acids is 1. The van der Waals surface area contributed by atoms with Crippen molar-refractivity contribution < 1.29 is 76.8 Å². The first-order chi connectivity index (χ1) is 46.5. The largest absolute Gasteiger partial charge is 0.480 e. The summed E-state index contributed by atoms with van der Waals surface area (Å²) in [7, 11) is 1.48. The lowest BCUT2D eigenvalue weighted by atomic mass is 9.89. The quantitative estimate of drug-likeness (QED) is 0.0112. The van der Waals surface area contributed by atoms with Gasteiger partial charge in [0.05, 0.1) is 43.4 Å². The third-order valence-electron chi connectivity index (χ3n) is 16.4. The molecule has 0 bridgehead atoms. The Morgan fingerprint density at radius 2 is 1.54 bits per heavy atom. The second-order valence-corrected chi connectivity index (χ2v) is 24.1. The van der Waals surface area contributed by atoms with Crippen molar-refractivity contribution in [1.82, 2.24) is 35.3 Å². The molecule has 4 heterocycles. The Bertz CT molecular complexity index is 3900. The number of likely N-dealkylation sites (N-methyl/N-ethyl adjacent to an activating group) is 1. The topological polar surface area (TPSA) is 387 Å². The number of fused-ring (bicyclic) bond motifs is 4. The van der Waals surface area contributed by atoms with E-state index in [0.29, 0.717) is 62.8 Å². The molecule has 0 aliphatic carbocycles. The Hall–Kier alpha value is -10.5. The minimum absolute atomic E-state index is 0.0148. The highest BCUT2D eigenvalue weighted by Gasteiger charge is 2.37. The highest BCUT2D eigenvalue weighted by Crippen LogP contribution is 2.46. The third-order valence-corrected chi connectivity index (χ3v) is 16.7. The first kappa shape index (κ1) is 72.4. The highest BCUT2D eigenvalue weighted by atomic mass is 35.5. The second kappa shape index (κ2) is 34.3. The molecule has 514 valence electrons. The zero-order valence-corrected chi connectivity index (χ0v) is 54.9. The zero-order valence-electron chi connectivity index (χ0n) is 54.1. The van der Waals surface area contributed by atoms with Crippen LogP contribution in [0.4, 0.5) is 36.2 Å². The summed E-state index contributed by atoms with van der Waals surface area (Å²) >= 11 is 6.62. The smallest absolute Gasteiger partial charge is 0.415 e. The van der Waals surface area contributed by atoms with Gasteiger partial charge in [0, 0.05) is 104 Å². The number of alkyl halides is 1. The number of aryl methyl sites for hydroxylation is 1. The molecule has 6 aromatic rings. The molecule has 4 atom stereocenters. The zero-order chi connectivity index (χ0) is 69.9. The number of aromatic amines is 1. The number of ketones is 1. The maximum atomic E-state index is 14.6. The van der Waals surface area contributed by atoms with Crippen molar-refractivity contribution in [3.63, 3.8) is 0 Å². The minimum Gasteiger partial charge on any atom is -0.480 e. The summed E-state index contributed by atoms with van der Waals surface area (Å²) in [5.41, 5.74) is 15.7.